The van der Waals surface area contributed by atoms with Crippen LogP contribution in [0.4, 0.5) is 0 Å². The Bertz CT molecular complexity index is 472. The van der Waals surface area contributed by atoms with Gasteiger partial charge in [-0.2, -0.15) is 0 Å². The molecule has 0 aliphatic heterocycles. The largest absolute Gasteiger partial charge is 0.348 e. The van der Waals surface area contributed by atoms with E-state index in [0.29, 0.717) is 6.04 Å². The normalized spacial score (nSPS) is 12.9. The number of hydrogen-bond donors (Lipinski definition) is 1. The molecule has 3 nitrogen and oxygen atoms in total. The highest BCUT2D eigenvalue weighted by atomic mass is 32.1. The molecule has 92 valence electrons. The highest BCUT2D eigenvalue weighted by Gasteiger charge is 2.06. The van der Waals surface area contributed by atoms with Crippen molar-refractivity contribution in [2.24, 2.45) is 0 Å². The van der Waals surface area contributed by atoms with E-state index in [0.717, 1.165) is 23.8 Å². The summed E-state index contributed by atoms with van der Waals surface area (Å²) in [5, 5.41) is 6.68. The summed E-state index contributed by atoms with van der Waals surface area (Å²) in [6.45, 7) is 8.23. The van der Waals surface area contributed by atoms with Crippen molar-refractivity contribution in [1.29, 1.82) is 0 Å². The summed E-state index contributed by atoms with van der Waals surface area (Å²) < 4.78 is 2.19. The first-order chi connectivity index (χ1) is 8.19. The zero-order valence-corrected chi connectivity index (χ0v) is 11.4. The molecule has 0 fully saturated rings. The van der Waals surface area contributed by atoms with Gasteiger partial charge in [0.05, 0.1) is 17.2 Å². The number of nitrogens with one attached hydrogen (secondary N) is 1. The number of aromatic nitrogens is 2. The molecule has 2 heterocycles. The smallest absolute Gasteiger partial charge is 0.0898 e. The molecule has 1 atom stereocenters. The van der Waals surface area contributed by atoms with Crippen LogP contribution in [0.25, 0.3) is 0 Å². The Labute approximate surface area is 107 Å². The lowest BCUT2D eigenvalue weighted by Crippen LogP contribution is -2.17. The number of rotatable bonds is 5. The summed E-state index contributed by atoms with van der Waals surface area (Å²) in [6, 6.07) is 2.59. The number of hydrogen-bond acceptors (Lipinski definition) is 3. The van der Waals surface area contributed by atoms with Gasteiger partial charge in [0.25, 0.3) is 0 Å². The van der Waals surface area contributed by atoms with Crippen molar-refractivity contribution in [1.82, 2.24) is 14.9 Å². The first-order valence-corrected chi connectivity index (χ1v) is 6.87. The molecule has 0 saturated heterocycles. The third kappa shape index (κ3) is 3.17. The predicted molar refractivity (Wildman–Crippen MR) is 72.5 cm³/mol. The van der Waals surface area contributed by atoms with E-state index in [2.05, 4.69) is 52.6 Å². The lowest BCUT2D eigenvalue weighted by atomic mass is 10.2. The van der Waals surface area contributed by atoms with Crippen LogP contribution in [0.2, 0.25) is 0 Å². The highest BCUT2D eigenvalue weighted by molar-refractivity contribution is 7.09. The van der Waals surface area contributed by atoms with Crippen LogP contribution in [-0.2, 0) is 6.54 Å². The minimum absolute atomic E-state index is 0.415. The van der Waals surface area contributed by atoms with Crippen LogP contribution in [-0.4, -0.2) is 16.1 Å². The number of nitrogens with zero attached hydrogens (tertiary/aromatic N) is 2. The Balaban J connectivity index is 2.03. The van der Waals surface area contributed by atoms with Crippen molar-refractivity contribution in [3.63, 3.8) is 0 Å². The second-order valence-corrected chi connectivity index (χ2v) is 5.32. The molecule has 0 bridgehead atoms. The fourth-order valence-electron chi connectivity index (χ4n) is 1.91. The van der Waals surface area contributed by atoms with E-state index in [-0.39, 0.29) is 0 Å². The quantitative estimate of drug-likeness (QED) is 0.883. The van der Waals surface area contributed by atoms with Crippen molar-refractivity contribution >= 4 is 11.3 Å². The molecule has 0 aromatic carbocycles. The van der Waals surface area contributed by atoms with Crippen molar-refractivity contribution in [3.05, 3.63) is 40.1 Å². The van der Waals surface area contributed by atoms with Gasteiger partial charge in [-0.1, -0.05) is 6.92 Å². The monoisotopic (exact) mass is 249 g/mol. The molecule has 2 aromatic heterocycles. The topological polar surface area (TPSA) is 29.9 Å². The second kappa shape index (κ2) is 5.47. The zero-order valence-electron chi connectivity index (χ0n) is 10.6. The third-order valence-corrected chi connectivity index (χ3v) is 3.62. The SMILES string of the molecule is CCNC(C)c1ccn(Cc2csc(C)n2)c1. The summed E-state index contributed by atoms with van der Waals surface area (Å²) in [6.07, 6.45) is 4.32. The van der Waals surface area contributed by atoms with E-state index in [1.165, 1.54) is 5.56 Å². The summed E-state index contributed by atoms with van der Waals surface area (Å²) in [5.41, 5.74) is 2.48. The highest BCUT2D eigenvalue weighted by Crippen LogP contribution is 2.14. The molecule has 1 unspecified atom stereocenters. The summed E-state index contributed by atoms with van der Waals surface area (Å²) >= 11 is 1.71. The van der Waals surface area contributed by atoms with Gasteiger partial charge in [0.2, 0.25) is 0 Å². The van der Waals surface area contributed by atoms with Crippen LogP contribution >= 0.6 is 11.3 Å². The van der Waals surface area contributed by atoms with Gasteiger partial charge in [0, 0.05) is 23.8 Å². The molecule has 2 aromatic rings. The van der Waals surface area contributed by atoms with E-state index in [1.807, 2.05) is 6.92 Å². The maximum absolute atomic E-state index is 4.48. The number of thiazole rings is 1. The molecule has 0 amide bonds. The van der Waals surface area contributed by atoms with Crippen molar-refractivity contribution in [2.75, 3.05) is 6.54 Å². The molecule has 0 aliphatic carbocycles. The lowest BCUT2D eigenvalue weighted by Gasteiger charge is -2.09. The van der Waals surface area contributed by atoms with Crippen LogP contribution in [0.15, 0.2) is 23.8 Å². The molecule has 1 N–H and O–H groups in total. The van der Waals surface area contributed by atoms with Gasteiger partial charge < -0.3 is 9.88 Å². The molecule has 4 heteroatoms. The Morgan fingerprint density at radius 3 is 3.00 bits per heavy atom. The van der Waals surface area contributed by atoms with E-state index >= 15 is 0 Å². The first-order valence-electron chi connectivity index (χ1n) is 5.99. The summed E-state index contributed by atoms with van der Waals surface area (Å²) in [4.78, 5) is 4.48. The maximum Gasteiger partial charge on any atom is 0.0898 e. The third-order valence-electron chi connectivity index (χ3n) is 2.79. The lowest BCUT2D eigenvalue weighted by molar-refractivity contribution is 0.596. The molecule has 0 spiro atoms. The van der Waals surface area contributed by atoms with Crippen LogP contribution in [0, 0.1) is 6.92 Å². The Morgan fingerprint density at radius 1 is 1.53 bits per heavy atom. The Kier molecular flexibility index (Phi) is 3.97. The molecule has 0 aliphatic rings. The molecule has 0 saturated carbocycles. The van der Waals surface area contributed by atoms with Crippen LogP contribution in [0.1, 0.15) is 36.2 Å². The predicted octanol–water partition coefficient (Wildman–Crippen LogP) is 2.97. The average Bonchev–Trinajstić information content (AvgIpc) is 2.89. The Hall–Kier alpha value is -1.13. The van der Waals surface area contributed by atoms with Crippen molar-refractivity contribution < 1.29 is 0 Å². The van der Waals surface area contributed by atoms with E-state index < -0.39 is 0 Å². The molecule has 2 rings (SSSR count). The van der Waals surface area contributed by atoms with Crippen LogP contribution in [0.5, 0.6) is 0 Å². The van der Waals surface area contributed by atoms with Gasteiger partial charge in [0.15, 0.2) is 0 Å². The van der Waals surface area contributed by atoms with E-state index in [1.54, 1.807) is 11.3 Å². The van der Waals surface area contributed by atoms with Gasteiger partial charge in [-0.15, -0.1) is 11.3 Å². The van der Waals surface area contributed by atoms with Gasteiger partial charge in [0.1, 0.15) is 0 Å². The molecular weight excluding hydrogens is 230 g/mol. The minimum atomic E-state index is 0.415. The van der Waals surface area contributed by atoms with Gasteiger partial charge >= 0.3 is 0 Å². The van der Waals surface area contributed by atoms with Gasteiger partial charge in [-0.25, -0.2) is 4.98 Å². The summed E-state index contributed by atoms with van der Waals surface area (Å²) in [5.74, 6) is 0. The fraction of sp³-hybridized carbons (Fsp3) is 0.462. The van der Waals surface area contributed by atoms with Gasteiger partial charge in [-0.05, 0) is 32.0 Å². The second-order valence-electron chi connectivity index (χ2n) is 4.25. The Morgan fingerprint density at radius 2 is 2.35 bits per heavy atom. The molecular formula is C13H19N3S. The van der Waals surface area contributed by atoms with Gasteiger partial charge in [-0.3, -0.25) is 0 Å². The maximum atomic E-state index is 4.48. The standard InChI is InChI=1S/C13H19N3S/c1-4-14-10(2)12-5-6-16(7-12)8-13-9-17-11(3)15-13/h5-7,9-10,14H,4,8H2,1-3H3. The average molecular weight is 249 g/mol. The molecule has 0 radical (unpaired) electrons. The number of aryl methyl sites for hydroxylation is 1. The van der Waals surface area contributed by atoms with Crippen molar-refractivity contribution in [2.45, 2.75) is 33.4 Å². The van der Waals surface area contributed by atoms with Crippen LogP contribution < -0.4 is 5.32 Å². The summed E-state index contributed by atoms with van der Waals surface area (Å²) in [7, 11) is 0. The molecule has 17 heavy (non-hydrogen) atoms. The fourth-order valence-corrected chi connectivity index (χ4v) is 2.51. The zero-order chi connectivity index (χ0) is 12.3. The minimum Gasteiger partial charge on any atom is -0.348 e. The first kappa shape index (κ1) is 12.3. The van der Waals surface area contributed by atoms with E-state index in [4.69, 9.17) is 0 Å². The van der Waals surface area contributed by atoms with E-state index in [9.17, 15) is 0 Å². The van der Waals surface area contributed by atoms with Crippen LogP contribution in [0.3, 0.4) is 0 Å². The van der Waals surface area contributed by atoms with Crippen molar-refractivity contribution in [3.8, 4) is 0 Å².